The maximum absolute atomic E-state index is 13.7. The molecule has 0 aliphatic heterocycles. The summed E-state index contributed by atoms with van der Waals surface area (Å²) >= 11 is 0. The van der Waals surface area contributed by atoms with Crippen LogP contribution in [0.25, 0.3) is 11.1 Å². The monoisotopic (exact) mass is 365 g/mol. The number of methoxy groups -OCH3 is 1. The largest absolute Gasteiger partial charge is 0.465 e. The van der Waals surface area contributed by atoms with E-state index in [0.717, 1.165) is 12.1 Å². The van der Waals surface area contributed by atoms with Crippen molar-refractivity contribution in [1.82, 2.24) is 4.72 Å². The molecule has 7 heteroatoms. The molecule has 0 saturated carbocycles. The lowest BCUT2D eigenvalue weighted by Gasteiger charge is -2.21. The maximum Gasteiger partial charge on any atom is 0.337 e. The molecule has 0 bridgehead atoms. The first-order chi connectivity index (χ1) is 11.5. The number of benzene rings is 2. The Bertz CT molecular complexity index is 884. The summed E-state index contributed by atoms with van der Waals surface area (Å²) in [5, 5.41) is 0. The zero-order chi connectivity index (χ0) is 18.8. The van der Waals surface area contributed by atoms with Crippen LogP contribution in [0.1, 0.15) is 31.1 Å². The van der Waals surface area contributed by atoms with E-state index in [9.17, 15) is 17.6 Å². The van der Waals surface area contributed by atoms with E-state index < -0.39 is 27.3 Å². The molecular weight excluding hydrogens is 345 g/mol. The van der Waals surface area contributed by atoms with Crippen LogP contribution >= 0.6 is 0 Å². The van der Waals surface area contributed by atoms with Gasteiger partial charge in [0.15, 0.2) is 0 Å². The van der Waals surface area contributed by atoms with Crippen LogP contribution in [0.15, 0.2) is 47.4 Å². The molecule has 0 unspecified atom stereocenters. The van der Waals surface area contributed by atoms with Crippen molar-refractivity contribution < 1.29 is 22.3 Å². The lowest BCUT2D eigenvalue weighted by Crippen LogP contribution is -2.40. The number of nitrogens with one attached hydrogen (secondary N) is 1. The van der Waals surface area contributed by atoms with Gasteiger partial charge < -0.3 is 4.74 Å². The zero-order valence-electron chi connectivity index (χ0n) is 14.5. The molecule has 0 radical (unpaired) electrons. The van der Waals surface area contributed by atoms with Gasteiger partial charge in [-0.1, -0.05) is 12.1 Å². The molecule has 0 spiro atoms. The minimum Gasteiger partial charge on any atom is -0.465 e. The minimum atomic E-state index is -3.85. The third kappa shape index (κ3) is 4.64. The zero-order valence-corrected chi connectivity index (χ0v) is 15.3. The summed E-state index contributed by atoms with van der Waals surface area (Å²) < 4.78 is 46.3. The second-order valence-electron chi connectivity index (χ2n) is 6.56. The quantitative estimate of drug-likeness (QED) is 0.844. The van der Waals surface area contributed by atoms with Gasteiger partial charge in [-0.25, -0.2) is 22.3 Å². The fourth-order valence-corrected chi connectivity index (χ4v) is 3.95. The normalized spacial score (nSPS) is 12.0. The van der Waals surface area contributed by atoms with Gasteiger partial charge in [-0.05, 0) is 56.7 Å². The number of halogens is 1. The third-order valence-electron chi connectivity index (χ3n) is 3.29. The number of hydrogen-bond donors (Lipinski definition) is 1. The molecule has 1 N–H and O–H groups in total. The van der Waals surface area contributed by atoms with Gasteiger partial charge in [-0.15, -0.1) is 0 Å². The van der Waals surface area contributed by atoms with E-state index in [0.29, 0.717) is 11.1 Å². The summed E-state index contributed by atoms with van der Waals surface area (Å²) in [5.74, 6) is -1.06. The Hall–Kier alpha value is -2.25. The van der Waals surface area contributed by atoms with Gasteiger partial charge >= 0.3 is 5.97 Å². The van der Waals surface area contributed by atoms with Gasteiger partial charge in [0.2, 0.25) is 10.0 Å². The van der Waals surface area contributed by atoms with E-state index in [1.165, 1.54) is 25.3 Å². The molecule has 2 rings (SSSR count). The van der Waals surface area contributed by atoms with E-state index in [-0.39, 0.29) is 10.5 Å². The van der Waals surface area contributed by atoms with Crippen LogP contribution in [0.3, 0.4) is 0 Å². The second-order valence-corrected chi connectivity index (χ2v) is 8.22. The maximum atomic E-state index is 13.7. The fraction of sp³-hybridized carbons (Fsp3) is 0.278. The summed E-state index contributed by atoms with van der Waals surface area (Å²) in [5.41, 5.74) is 0.327. The van der Waals surface area contributed by atoms with Crippen LogP contribution in [0.5, 0.6) is 0 Å². The number of esters is 1. The topological polar surface area (TPSA) is 72.5 Å². The minimum absolute atomic E-state index is 0.0327. The molecule has 25 heavy (non-hydrogen) atoms. The van der Waals surface area contributed by atoms with Gasteiger partial charge in [-0.2, -0.15) is 0 Å². The molecular formula is C18H20FNO4S. The number of carbonyl (C=O) groups is 1. The van der Waals surface area contributed by atoms with Crippen molar-refractivity contribution in [2.45, 2.75) is 31.2 Å². The van der Waals surface area contributed by atoms with Crippen molar-refractivity contribution in [2.24, 2.45) is 0 Å². The first-order valence-electron chi connectivity index (χ1n) is 7.56. The highest BCUT2D eigenvalue weighted by Gasteiger charge is 2.25. The predicted molar refractivity (Wildman–Crippen MR) is 93.3 cm³/mol. The van der Waals surface area contributed by atoms with Crippen molar-refractivity contribution in [3.05, 3.63) is 53.8 Å². The summed E-state index contributed by atoms with van der Waals surface area (Å²) in [7, 11) is -2.58. The van der Waals surface area contributed by atoms with E-state index in [4.69, 9.17) is 0 Å². The molecule has 0 amide bonds. The van der Waals surface area contributed by atoms with E-state index in [2.05, 4.69) is 9.46 Å². The molecule has 0 aliphatic carbocycles. The lowest BCUT2D eigenvalue weighted by atomic mass is 10.0. The van der Waals surface area contributed by atoms with Crippen molar-refractivity contribution in [2.75, 3.05) is 7.11 Å². The Labute approximate surface area is 146 Å². The van der Waals surface area contributed by atoms with E-state index in [1.54, 1.807) is 32.9 Å². The Kier molecular flexibility index (Phi) is 5.29. The van der Waals surface area contributed by atoms with E-state index in [1.807, 2.05) is 0 Å². The molecule has 0 saturated heterocycles. The van der Waals surface area contributed by atoms with Crippen LogP contribution in [0, 0.1) is 5.82 Å². The fourth-order valence-electron chi connectivity index (χ4n) is 2.32. The van der Waals surface area contributed by atoms with Crippen molar-refractivity contribution in [3.8, 4) is 11.1 Å². The molecule has 0 atom stereocenters. The number of rotatable bonds is 4. The number of sulfonamides is 1. The molecule has 134 valence electrons. The highest BCUT2D eigenvalue weighted by Crippen LogP contribution is 2.29. The Morgan fingerprint density at radius 1 is 1.08 bits per heavy atom. The highest BCUT2D eigenvalue weighted by atomic mass is 32.2. The summed E-state index contributed by atoms with van der Waals surface area (Å²) in [6, 6.07) is 9.59. The Morgan fingerprint density at radius 3 is 2.20 bits per heavy atom. The molecule has 0 aliphatic rings. The molecule has 2 aromatic carbocycles. The van der Waals surface area contributed by atoms with Gasteiger partial charge in [0.05, 0.1) is 17.6 Å². The van der Waals surface area contributed by atoms with Crippen molar-refractivity contribution >= 4 is 16.0 Å². The first-order valence-corrected chi connectivity index (χ1v) is 9.04. The molecule has 2 aromatic rings. The Balaban J connectivity index is 2.55. The van der Waals surface area contributed by atoms with Gasteiger partial charge in [0.1, 0.15) is 5.82 Å². The number of hydrogen-bond acceptors (Lipinski definition) is 4. The molecule has 0 fully saturated rings. The second kappa shape index (κ2) is 6.93. The summed E-state index contributed by atoms with van der Waals surface area (Å²) in [4.78, 5) is 11.5. The Morgan fingerprint density at radius 2 is 1.68 bits per heavy atom. The number of ether oxygens (including phenoxy) is 1. The average molecular weight is 365 g/mol. The summed E-state index contributed by atoms with van der Waals surface area (Å²) in [6.45, 7) is 5.16. The third-order valence-corrected chi connectivity index (χ3v) is 5.10. The SMILES string of the molecule is COC(=O)c1ccc(-c2cc(F)ccc2S(=O)(=O)NC(C)(C)C)cc1. The van der Waals surface area contributed by atoms with Crippen LogP contribution in [0.4, 0.5) is 4.39 Å². The van der Waals surface area contributed by atoms with Crippen LogP contribution in [0.2, 0.25) is 0 Å². The number of carbonyl (C=O) groups excluding carboxylic acids is 1. The lowest BCUT2D eigenvalue weighted by molar-refractivity contribution is 0.0600. The van der Waals surface area contributed by atoms with Crippen LogP contribution < -0.4 is 4.72 Å². The smallest absolute Gasteiger partial charge is 0.337 e. The van der Waals surface area contributed by atoms with Gasteiger partial charge in [0, 0.05) is 11.1 Å². The molecule has 0 aromatic heterocycles. The molecule has 0 heterocycles. The van der Waals surface area contributed by atoms with Crippen LogP contribution in [-0.2, 0) is 14.8 Å². The van der Waals surface area contributed by atoms with Crippen molar-refractivity contribution in [3.63, 3.8) is 0 Å². The van der Waals surface area contributed by atoms with Gasteiger partial charge in [0.25, 0.3) is 0 Å². The standard InChI is InChI=1S/C18H20FNO4S/c1-18(2,3)20-25(22,23)16-10-9-14(19)11-15(16)12-5-7-13(8-6-12)17(21)24-4/h5-11,20H,1-4H3. The van der Waals surface area contributed by atoms with E-state index >= 15 is 0 Å². The molecule has 5 nitrogen and oxygen atoms in total. The van der Waals surface area contributed by atoms with Crippen LogP contribution in [-0.4, -0.2) is 27.0 Å². The first kappa shape index (κ1) is 19.1. The average Bonchev–Trinajstić information content (AvgIpc) is 2.51. The summed E-state index contributed by atoms with van der Waals surface area (Å²) in [6.07, 6.45) is 0. The predicted octanol–water partition coefficient (Wildman–Crippen LogP) is 3.36. The van der Waals surface area contributed by atoms with Gasteiger partial charge in [-0.3, -0.25) is 0 Å². The van der Waals surface area contributed by atoms with Crippen molar-refractivity contribution in [1.29, 1.82) is 0 Å². The highest BCUT2D eigenvalue weighted by molar-refractivity contribution is 7.89.